The first-order valence-electron chi connectivity index (χ1n) is 7.34. The second-order valence-electron chi connectivity index (χ2n) is 5.01. The molecule has 0 fully saturated rings. The fraction of sp³-hybridized carbons (Fsp3) is 0.529. The van der Waals surface area contributed by atoms with Gasteiger partial charge in [-0.3, -0.25) is 0 Å². The van der Waals surface area contributed by atoms with Crippen molar-refractivity contribution in [2.45, 2.75) is 51.5 Å². The Morgan fingerprint density at radius 3 is 2.89 bits per heavy atom. The predicted molar refractivity (Wildman–Crippen MR) is 82.6 cm³/mol. The number of allylic oxidation sites excluding steroid dienone is 1. The first-order chi connectivity index (χ1) is 9.26. The van der Waals surface area contributed by atoms with Crippen molar-refractivity contribution < 1.29 is 4.74 Å². The number of ether oxygens (including phenoxy) is 1. The highest BCUT2D eigenvalue weighted by Gasteiger charge is 2.02. The Morgan fingerprint density at radius 1 is 1.32 bits per heavy atom. The van der Waals surface area contributed by atoms with Crippen LogP contribution in [-0.2, 0) is 6.42 Å². The van der Waals surface area contributed by atoms with Crippen molar-refractivity contribution in [2.75, 3.05) is 6.61 Å². The van der Waals surface area contributed by atoms with Gasteiger partial charge in [-0.1, -0.05) is 25.1 Å². The molecule has 0 aliphatic rings. The molecule has 0 heterocycles. The summed E-state index contributed by atoms with van der Waals surface area (Å²) in [5.41, 5.74) is 7.24. The Labute approximate surface area is 117 Å². The number of hydrogen-bond acceptors (Lipinski definition) is 2. The maximum absolute atomic E-state index is 5.97. The highest BCUT2D eigenvalue weighted by Crippen LogP contribution is 2.15. The molecule has 1 rings (SSSR count). The average molecular weight is 261 g/mol. The molecule has 2 heteroatoms. The Morgan fingerprint density at radius 2 is 2.16 bits per heavy atom. The van der Waals surface area contributed by atoms with Crippen molar-refractivity contribution in [1.82, 2.24) is 0 Å². The summed E-state index contributed by atoms with van der Waals surface area (Å²) in [4.78, 5) is 0. The van der Waals surface area contributed by atoms with Crippen LogP contribution in [0, 0.1) is 0 Å². The standard InChI is InChI=1S/C17H27NO/c1-3-5-6-7-8-12-19-17-11-9-10-15(14-17)13-16(18)4-2/h3,9-11,14,16H,1,4-8,12-13,18H2,2H3. The second-order valence-corrected chi connectivity index (χ2v) is 5.01. The van der Waals surface area contributed by atoms with Gasteiger partial charge >= 0.3 is 0 Å². The van der Waals surface area contributed by atoms with E-state index in [0.717, 1.165) is 38.0 Å². The molecule has 0 saturated heterocycles. The zero-order chi connectivity index (χ0) is 13.9. The lowest BCUT2D eigenvalue weighted by atomic mass is 10.0. The van der Waals surface area contributed by atoms with Gasteiger partial charge in [0.25, 0.3) is 0 Å². The monoisotopic (exact) mass is 261 g/mol. The third-order valence-electron chi connectivity index (χ3n) is 3.24. The van der Waals surface area contributed by atoms with Crippen LogP contribution in [0.3, 0.4) is 0 Å². The summed E-state index contributed by atoms with van der Waals surface area (Å²) in [7, 11) is 0. The molecule has 106 valence electrons. The van der Waals surface area contributed by atoms with Crippen LogP contribution in [0.2, 0.25) is 0 Å². The Kier molecular flexibility index (Phi) is 7.99. The number of benzene rings is 1. The van der Waals surface area contributed by atoms with Crippen LogP contribution in [0.1, 0.15) is 44.6 Å². The quantitative estimate of drug-likeness (QED) is 0.508. The number of unbranched alkanes of at least 4 members (excludes halogenated alkanes) is 3. The second kappa shape index (κ2) is 9.62. The van der Waals surface area contributed by atoms with Gasteiger partial charge in [-0.15, -0.1) is 6.58 Å². The van der Waals surface area contributed by atoms with Crippen LogP contribution in [0.15, 0.2) is 36.9 Å². The van der Waals surface area contributed by atoms with Gasteiger partial charge in [0.15, 0.2) is 0 Å². The normalized spacial score (nSPS) is 12.1. The number of rotatable bonds is 10. The molecule has 1 atom stereocenters. The van der Waals surface area contributed by atoms with E-state index in [1.165, 1.54) is 18.4 Å². The largest absolute Gasteiger partial charge is 0.494 e. The molecule has 19 heavy (non-hydrogen) atoms. The maximum atomic E-state index is 5.97. The van der Waals surface area contributed by atoms with Crippen LogP contribution in [-0.4, -0.2) is 12.6 Å². The van der Waals surface area contributed by atoms with E-state index in [1.54, 1.807) is 0 Å². The highest BCUT2D eigenvalue weighted by molar-refractivity contribution is 5.29. The summed E-state index contributed by atoms with van der Waals surface area (Å²) < 4.78 is 5.78. The molecule has 1 aromatic carbocycles. The van der Waals surface area contributed by atoms with E-state index in [-0.39, 0.29) is 6.04 Å². The van der Waals surface area contributed by atoms with Crippen molar-refractivity contribution in [3.63, 3.8) is 0 Å². The smallest absolute Gasteiger partial charge is 0.119 e. The molecule has 0 spiro atoms. The topological polar surface area (TPSA) is 35.2 Å². The zero-order valence-corrected chi connectivity index (χ0v) is 12.1. The predicted octanol–water partition coefficient (Wildman–Crippen LogP) is 4.09. The summed E-state index contributed by atoms with van der Waals surface area (Å²) in [6.07, 6.45) is 8.52. The lowest BCUT2D eigenvalue weighted by molar-refractivity contribution is 0.305. The summed E-state index contributed by atoms with van der Waals surface area (Å²) in [6, 6.07) is 8.54. The van der Waals surface area contributed by atoms with Crippen LogP contribution >= 0.6 is 0 Å². The van der Waals surface area contributed by atoms with Crippen LogP contribution in [0.25, 0.3) is 0 Å². The van der Waals surface area contributed by atoms with E-state index in [0.29, 0.717) is 0 Å². The number of nitrogens with two attached hydrogens (primary N) is 1. The van der Waals surface area contributed by atoms with Gasteiger partial charge in [-0.25, -0.2) is 0 Å². The molecule has 1 unspecified atom stereocenters. The molecule has 0 aliphatic heterocycles. The van der Waals surface area contributed by atoms with Gasteiger partial charge < -0.3 is 10.5 Å². The Hall–Kier alpha value is -1.28. The zero-order valence-electron chi connectivity index (χ0n) is 12.1. The first-order valence-corrected chi connectivity index (χ1v) is 7.34. The molecule has 0 bridgehead atoms. The Bertz CT molecular complexity index is 362. The summed E-state index contributed by atoms with van der Waals surface area (Å²) >= 11 is 0. The molecule has 0 radical (unpaired) electrons. The van der Waals surface area contributed by atoms with Crippen LogP contribution in [0.4, 0.5) is 0 Å². The molecule has 0 saturated carbocycles. The van der Waals surface area contributed by atoms with Gasteiger partial charge in [0.2, 0.25) is 0 Å². The average Bonchev–Trinajstić information content (AvgIpc) is 2.43. The SMILES string of the molecule is C=CCCCCCOc1cccc(CC(N)CC)c1. The fourth-order valence-electron chi connectivity index (χ4n) is 1.97. The lowest BCUT2D eigenvalue weighted by Gasteiger charge is -2.11. The van der Waals surface area contributed by atoms with E-state index in [2.05, 4.69) is 25.6 Å². The van der Waals surface area contributed by atoms with Crippen LogP contribution < -0.4 is 10.5 Å². The van der Waals surface area contributed by atoms with Gasteiger partial charge in [-0.2, -0.15) is 0 Å². The van der Waals surface area contributed by atoms with Gasteiger partial charge in [0.1, 0.15) is 5.75 Å². The van der Waals surface area contributed by atoms with Gasteiger partial charge in [-0.05, 0) is 56.2 Å². The molecule has 2 N–H and O–H groups in total. The minimum absolute atomic E-state index is 0.245. The third kappa shape index (κ3) is 7.02. The van der Waals surface area contributed by atoms with E-state index >= 15 is 0 Å². The minimum atomic E-state index is 0.245. The molecule has 0 aromatic heterocycles. The molecule has 2 nitrogen and oxygen atoms in total. The Balaban J connectivity index is 2.29. The van der Waals surface area contributed by atoms with E-state index in [4.69, 9.17) is 10.5 Å². The summed E-state index contributed by atoms with van der Waals surface area (Å²) in [5.74, 6) is 0.963. The molecule has 0 aliphatic carbocycles. The highest BCUT2D eigenvalue weighted by atomic mass is 16.5. The van der Waals surface area contributed by atoms with Crippen molar-refractivity contribution in [1.29, 1.82) is 0 Å². The van der Waals surface area contributed by atoms with E-state index in [9.17, 15) is 0 Å². The third-order valence-corrected chi connectivity index (χ3v) is 3.24. The van der Waals surface area contributed by atoms with Crippen LogP contribution in [0.5, 0.6) is 5.75 Å². The van der Waals surface area contributed by atoms with Crippen molar-refractivity contribution in [3.05, 3.63) is 42.5 Å². The van der Waals surface area contributed by atoms with E-state index < -0.39 is 0 Å². The van der Waals surface area contributed by atoms with E-state index in [1.807, 2.05) is 18.2 Å². The summed E-state index contributed by atoms with van der Waals surface area (Å²) in [6.45, 7) is 6.64. The first kappa shape index (κ1) is 15.8. The van der Waals surface area contributed by atoms with Crippen molar-refractivity contribution in [3.8, 4) is 5.75 Å². The molecule has 1 aromatic rings. The number of hydrogen-bond donors (Lipinski definition) is 1. The van der Waals surface area contributed by atoms with Gasteiger partial charge in [0.05, 0.1) is 6.61 Å². The molecular weight excluding hydrogens is 234 g/mol. The van der Waals surface area contributed by atoms with Crippen molar-refractivity contribution >= 4 is 0 Å². The fourth-order valence-corrected chi connectivity index (χ4v) is 1.97. The minimum Gasteiger partial charge on any atom is -0.494 e. The lowest BCUT2D eigenvalue weighted by Crippen LogP contribution is -2.21. The van der Waals surface area contributed by atoms with Gasteiger partial charge in [0, 0.05) is 6.04 Å². The maximum Gasteiger partial charge on any atom is 0.119 e. The van der Waals surface area contributed by atoms with Crippen molar-refractivity contribution in [2.24, 2.45) is 5.73 Å². The summed E-state index contributed by atoms with van der Waals surface area (Å²) in [5, 5.41) is 0. The molecular formula is C17H27NO. The molecule has 0 amide bonds.